The zero-order valence-corrected chi connectivity index (χ0v) is 17.5. The molecule has 3 aromatic rings. The number of aromatic nitrogens is 3. The zero-order valence-electron chi connectivity index (χ0n) is 17.5. The molecule has 1 saturated carbocycles. The predicted molar refractivity (Wildman–Crippen MR) is 115 cm³/mol. The van der Waals surface area contributed by atoms with E-state index >= 15 is 0 Å². The number of hydrogen-bond acceptors (Lipinski definition) is 6. The molecule has 1 aliphatic carbocycles. The van der Waals surface area contributed by atoms with Crippen LogP contribution in [0, 0.1) is 5.82 Å². The molecule has 2 fully saturated rings. The molecule has 3 aliphatic rings. The van der Waals surface area contributed by atoms with Gasteiger partial charge in [-0.05, 0) is 38.0 Å². The van der Waals surface area contributed by atoms with Gasteiger partial charge in [-0.1, -0.05) is 12.1 Å². The van der Waals surface area contributed by atoms with E-state index in [0.717, 1.165) is 48.2 Å². The van der Waals surface area contributed by atoms with Crippen molar-refractivity contribution in [1.82, 2.24) is 19.9 Å². The smallest absolute Gasteiger partial charge is 0.136 e. The standard InChI is InChI=1S/C23H26FN5O2/c1-14-12-28(9-10-30-14)20-13-31-21-11-15(24)5-8-17(21)22(20)25-18-3-2-4-19-23(18)27-29(26-19)16-6-7-16/h2-5,8,11,14,16,20,22,25H,6-7,9-10,12-13H2,1H3/t14-,20+,22+/m1/s1. The molecule has 0 unspecified atom stereocenters. The van der Waals surface area contributed by atoms with E-state index in [2.05, 4.69) is 22.2 Å². The molecule has 0 spiro atoms. The van der Waals surface area contributed by atoms with Crippen LogP contribution in [0.5, 0.6) is 5.75 Å². The van der Waals surface area contributed by atoms with E-state index in [9.17, 15) is 4.39 Å². The number of fused-ring (bicyclic) bond motifs is 2. The van der Waals surface area contributed by atoms with Gasteiger partial charge >= 0.3 is 0 Å². The van der Waals surface area contributed by atoms with Crippen LogP contribution in [0.15, 0.2) is 36.4 Å². The lowest BCUT2D eigenvalue weighted by Crippen LogP contribution is -2.54. The highest BCUT2D eigenvalue weighted by atomic mass is 19.1. The number of rotatable bonds is 4. The van der Waals surface area contributed by atoms with E-state index in [-0.39, 0.29) is 24.0 Å². The van der Waals surface area contributed by atoms with Crippen molar-refractivity contribution < 1.29 is 13.9 Å². The predicted octanol–water partition coefficient (Wildman–Crippen LogP) is 3.54. The van der Waals surface area contributed by atoms with Gasteiger partial charge in [0.1, 0.15) is 29.2 Å². The van der Waals surface area contributed by atoms with Crippen molar-refractivity contribution in [1.29, 1.82) is 0 Å². The summed E-state index contributed by atoms with van der Waals surface area (Å²) in [6, 6.07) is 11.3. The van der Waals surface area contributed by atoms with Crippen LogP contribution in [-0.4, -0.2) is 58.3 Å². The molecule has 0 radical (unpaired) electrons. The quantitative estimate of drug-likeness (QED) is 0.693. The lowest BCUT2D eigenvalue weighted by Gasteiger charge is -2.44. The van der Waals surface area contributed by atoms with Crippen LogP contribution in [0.25, 0.3) is 11.0 Å². The summed E-state index contributed by atoms with van der Waals surface area (Å²) < 4.78 is 25.7. The van der Waals surface area contributed by atoms with Crippen molar-refractivity contribution in [2.24, 2.45) is 0 Å². The summed E-state index contributed by atoms with van der Waals surface area (Å²) in [7, 11) is 0. The lowest BCUT2D eigenvalue weighted by atomic mass is 9.94. The van der Waals surface area contributed by atoms with E-state index in [1.807, 2.05) is 29.1 Å². The molecule has 0 bridgehead atoms. The topological polar surface area (TPSA) is 64.4 Å². The minimum atomic E-state index is -0.287. The monoisotopic (exact) mass is 423 g/mol. The minimum absolute atomic E-state index is 0.0636. The summed E-state index contributed by atoms with van der Waals surface area (Å²) >= 11 is 0. The van der Waals surface area contributed by atoms with E-state index in [1.165, 1.54) is 12.1 Å². The summed E-state index contributed by atoms with van der Waals surface area (Å²) in [6.45, 7) is 4.97. The summed E-state index contributed by atoms with van der Waals surface area (Å²) in [4.78, 5) is 4.27. The molecule has 2 aromatic carbocycles. The Bertz CT molecular complexity index is 1110. The molecule has 1 N–H and O–H groups in total. The van der Waals surface area contributed by atoms with Gasteiger partial charge in [0.25, 0.3) is 0 Å². The molecular weight excluding hydrogens is 397 g/mol. The molecule has 8 heteroatoms. The first-order chi connectivity index (χ1) is 15.2. The van der Waals surface area contributed by atoms with E-state index < -0.39 is 0 Å². The maximum Gasteiger partial charge on any atom is 0.136 e. The summed E-state index contributed by atoms with van der Waals surface area (Å²) in [5.74, 6) is 0.314. The number of nitrogens with zero attached hydrogens (tertiary/aromatic N) is 4. The molecule has 6 rings (SSSR count). The van der Waals surface area contributed by atoms with Crippen molar-refractivity contribution in [3.63, 3.8) is 0 Å². The number of halogens is 1. The van der Waals surface area contributed by atoms with Crippen LogP contribution >= 0.6 is 0 Å². The van der Waals surface area contributed by atoms with Gasteiger partial charge in [-0.2, -0.15) is 15.0 Å². The first kappa shape index (κ1) is 19.0. The largest absolute Gasteiger partial charge is 0.491 e. The van der Waals surface area contributed by atoms with Crippen molar-refractivity contribution in [3.05, 3.63) is 47.8 Å². The van der Waals surface area contributed by atoms with Crippen molar-refractivity contribution in [3.8, 4) is 5.75 Å². The Labute approximate surface area is 180 Å². The van der Waals surface area contributed by atoms with Gasteiger partial charge in [-0.25, -0.2) is 4.39 Å². The molecule has 3 atom stereocenters. The number of nitrogens with one attached hydrogen (secondary N) is 1. The van der Waals surface area contributed by atoms with Gasteiger partial charge in [0.2, 0.25) is 0 Å². The highest BCUT2D eigenvalue weighted by molar-refractivity contribution is 5.87. The number of hydrogen-bond donors (Lipinski definition) is 1. The highest BCUT2D eigenvalue weighted by Gasteiger charge is 2.37. The Kier molecular flexibility index (Phi) is 4.57. The van der Waals surface area contributed by atoms with Gasteiger partial charge in [-0.3, -0.25) is 4.90 Å². The Morgan fingerprint density at radius 1 is 1.16 bits per heavy atom. The molecule has 31 heavy (non-hydrogen) atoms. The third kappa shape index (κ3) is 3.53. The van der Waals surface area contributed by atoms with Crippen LogP contribution in [-0.2, 0) is 4.74 Å². The summed E-state index contributed by atoms with van der Waals surface area (Å²) in [6.07, 6.45) is 2.45. The van der Waals surface area contributed by atoms with E-state index in [0.29, 0.717) is 25.0 Å². The Morgan fingerprint density at radius 3 is 2.90 bits per heavy atom. The van der Waals surface area contributed by atoms with E-state index in [1.54, 1.807) is 0 Å². The third-order valence-electron chi connectivity index (χ3n) is 6.46. The second-order valence-electron chi connectivity index (χ2n) is 8.78. The lowest BCUT2D eigenvalue weighted by molar-refractivity contribution is -0.0465. The Hall–Kier alpha value is -2.71. The number of morpholine rings is 1. The molecule has 1 aromatic heterocycles. The van der Waals surface area contributed by atoms with Crippen molar-refractivity contribution >= 4 is 16.7 Å². The van der Waals surface area contributed by atoms with E-state index in [4.69, 9.17) is 14.6 Å². The average molecular weight is 423 g/mol. The number of benzene rings is 2. The Morgan fingerprint density at radius 2 is 2.06 bits per heavy atom. The molecule has 1 saturated heterocycles. The fraction of sp³-hybridized carbons (Fsp3) is 0.478. The summed E-state index contributed by atoms with van der Waals surface area (Å²) in [5, 5.41) is 13.2. The molecular formula is C23H26FN5O2. The maximum absolute atomic E-state index is 13.9. The minimum Gasteiger partial charge on any atom is -0.491 e. The van der Waals surface area contributed by atoms with Crippen molar-refractivity contribution in [2.75, 3.05) is 31.6 Å². The fourth-order valence-corrected chi connectivity index (χ4v) is 4.71. The third-order valence-corrected chi connectivity index (χ3v) is 6.46. The second kappa shape index (κ2) is 7.46. The van der Waals surface area contributed by atoms with Crippen LogP contribution in [0.4, 0.5) is 10.1 Å². The number of ether oxygens (including phenoxy) is 2. The summed E-state index contributed by atoms with van der Waals surface area (Å²) in [5.41, 5.74) is 3.67. The maximum atomic E-state index is 13.9. The average Bonchev–Trinajstić information content (AvgIpc) is 3.52. The van der Waals surface area contributed by atoms with Gasteiger partial charge in [0, 0.05) is 24.7 Å². The number of anilines is 1. The molecule has 7 nitrogen and oxygen atoms in total. The van der Waals surface area contributed by atoms with Gasteiger partial charge in [-0.15, -0.1) is 0 Å². The van der Waals surface area contributed by atoms with Gasteiger partial charge in [0.15, 0.2) is 0 Å². The van der Waals surface area contributed by atoms with Crippen LogP contribution in [0.3, 0.4) is 0 Å². The molecule has 3 heterocycles. The van der Waals surface area contributed by atoms with Gasteiger partial charge in [0.05, 0.1) is 36.5 Å². The fourth-order valence-electron chi connectivity index (χ4n) is 4.71. The first-order valence-electron chi connectivity index (χ1n) is 11.1. The SMILES string of the molecule is C[C@@H]1CN([C@H]2COc3cc(F)ccc3[C@@H]2Nc2cccc3nn(C4CC4)nc23)CCO1. The highest BCUT2D eigenvalue weighted by Crippen LogP contribution is 2.39. The van der Waals surface area contributed by atoms with Crippen LogP contribution in [0.2, 0.25) is 0 Å². The first-order valence-corrected chi connectivity index (χ1v) is 11.1. The van der Waals surface area contributed by atoms with Crippen LogP contribution < -0.4 is 10.1 Å². The zero-order chi connectivity index (χ0) is 20.9. The second-order valence-corrected chi connectivity index (χ2v) is 8.78. The molecule has 2 aliphatic heterocycles. The Balaban J connectivity index is 1.39. The molecule has 0 amide bonds. The van der Waals surface area contributed by atoms with Crippen LogP contribution in [0.1, 0.15) is 37.4 Å². The normalized spacial score (nSPS) is 26.5. The van der Waals surface area contributed by atoms with Crippen molar-refractivity contribution in [2.45, 2.75) is 44.0 Å². The van der Waals surface area contributed by atoms with Gasteiger partial charge < -0.3 is 14.8 Å². The molecule has 162 valence electrons.